The van der Waals surface area contributed by atoms with Crippen LogP contribution >= 0.6 is 0 Å². The highest BCUT2D eigenvalue weighted by atomic mass is 16.3. The summed E-state index contributed by atoms with van der Waals surface area (Å²) >= 11 is 0. The minimum Gasteiger partial charge on any atom is -0.508 e. The minimum absolute atomic E-state index is 0.0890. The van der Waals surface area contributed by atoms with E-state index >= 15 is 0 Å². The van der Waals surface area contributed by atoms with Gasteiger partial charge in [-0.3, -0.25) is 4.79 Å². The molecule has 0 saturated heterocycles. The van der Waals surface area contributed by atoms with Gasteiger partial charge in [0.25, 0.3) is 5.91 Å². The van der Waals surface area contributed by atoms with Gasteiger partial charge in [-0.15, -0.1) is 0 Å². The van der Waals surface area contributed by atoms with E-state index in [4.69, 9.17) is 0 Å². The zero-order chi connectivity index (χ0) is 15.6. The van der Waals surface area contributed by atoms with Crippen molar-refractivity contribution < 1.29 is 20.1 Å². The fourth-order valence-corrected chi connectivity index (χ4v) is 2.15. The van der Waals surface area contributed by atoms with Gasteiger partial charge in [0.05, 0.1) is 6.04 Å². The first-order valence-corrected chi connectivity index (χ1v) is 6.49. The summed E-state index contributed by atoms with van der Waals surface area (Å²) in [5, 5.41) is 29.4. The summed E-state index contributed by atoms with van der Waals surface area (Å²) in [5.74, 6) is -1.000. The molecular formula is C16H17NO4. The van der Waals surface area contributed by atoms with E-state index in [-0.39, 0.29) is 22.8 Å². The Hall–Kier alpha value is -2.69. The summed E-state index contributed by atoms with van der Waals surface area (Å²) < 4.78 is 0. The van der Waals surface area contributed by atoms with Gasteiger partial charge in [0.15, 0.2) is 0 Å². The molecule has 0 radical (unpaired) electrons. The second-order valence-electron chi connectivity index (χ2n) is 4.82. The molecule has 0 saturated carbocycles. The number of amides is 1. The van der Waals surface area contributed by atoms with Crippen molar-refractivity contribution in [3.8, 4) is 17.2 Å². The van der Waals surface area contributed by atoms with Crippen molar-refractivity contribution in [2.75, 3.05) is 7.05 Å². The number of phenolic OH excluding ortho intramolecular Hbond substituents is 3. The molecule has 1 atom stereocenters. The third-order valence-corrected chi connectivity index (χ3v) is 3.52. The van der Waals surface area contributed by atoms with Crippen molar-refractivity contribution in [3.63, 3.8) is 0 Å². The number of hydrogen-bond donors (Lipinski definition) is 3. The van der Waals surface area contributed by atoms with Crippen molar-refractivity contribution in [2.45, 2.75) is 13.0 Å². The van der Waals surface area contributed by atoms with E-state index in [2.05, 4.69) is 0 Å². The average molecular weight is 287 g/mol. The van der Waals surface area contributed by atoms with Crippen LogP contribution in [0.25, 0.3) is 0 Å². The molecule has 2 aromatic carbocycles. The van der Waals surface area contributed by atoms with Crippen LogP contribution in [0.5, 0.6) is 17.2 Å². The number of carbonyl (C=O) groups excluding carboxylic acids is 1. The molecule has 21 heavy (non-hydrogen) atoms. The Kier molecular flexibility index (Phi) is 4.03. The van der Waals surface area contributed by atoms with E-state index in [0.717, 1.165) is 0 Å². The lowest BCUT2D eigenvalue weighted by Crippen LogP contribution is -2.29. The molecule has 0 aliphatic rings. The van der Waals surface area contributed by atoms with Crippen LogP contribution in [-0.2, 0) is 0 Å². The Morgan fingerprint density at radius 2 is 1.48 bits per heavy atom. The Morgan fingerprint density at radius 3 is 2.05 bits per heavy atom. The molecule has 0 heterocycles. The van der Waals surface area contributed by atoms with Gasteiger partial charge in [-0.2, -0.15) is 0 Å². The lowest BCUT2D eigenvalue weighted by atomic mass is 10.0. The number of rotatable bonds is 3. The number of benzene rings is 2. The van der Waals surface area contributed by atoms with Gasteiger partial charge >= 0.3 is 0 Å². The fourth-order valence-electron chi connectivity index (χ4n) is 2.15. The first-order valence-electron chi connectivity index (χ1n) is 6.49. The largest absolute Gasteiger partial charge is 0.508 e. The number of nitrogens with zero attached hydrogens (tertiary/aromatic N) is 1. The predicted octanol–water partition coefficient (Wildman–Crippen LogP) is 2.64. The highest BCUT2D eigenvalue weighted by Crippen LogP contribution is 2.32. The molecule has 5 heteroatoms. The molecule has 110 valence electrons. The molecule has 2 rings (SSSR count). The SMILES string of the molecule is CC(c1ccccc1O)N(C)C(=O)c1c(O)cccc1O. The fraction of sp³-hybridized carbons (Fsp3) is 0.188. The Labute approximate surface area is 122 Å². The van der Waals surface area contributed by atoms with Crippen molar-refractivity contribution in [3.05, 3.63) is 53.6 Å². The molecule has 1 amide bonds. The van der Waals surface area contributed by atoms with Crippen LogP contribution in [0.15, 0.2) is 42.5 Å². The van der Waals surface area contributed by atoms with Gasteiger partial charge in [-0.25, -0.2) is 0 Å². The molecule has 1 unspecified atom stereocenters. The van der Waals surface area contributed by atoms with Crippen LogP contribution in [0.2, 0.25) is 0 Å². The quantitative estimate of drug-likeness (QED) is 0.810. The zero-order valence-corrected chi connectivity index (χ0v) is 11.8. The third-order valence-electron chi connectivity index (χ3n) is 3.52. The maximum Gasteiger partial charge on any atom is 0.261 e. The van der Waals surface area contributed by atoms with E-state index in [1.54, 1.807) is 38.2 Å². The Balaban J connectivity index is 2.34. The van der Waals surface area contributed by atoms with Gasteiger partial charge in [0, 0.05) is 12.6 Å². The molecule has 0 fully saturated rings. The van der Waals surface area contributed by atoms with Gasteiger partial charge in [0.2, 0.25) is 0 Å². The van der Waals surface area contributed by atoms with Gasteiger partial charge in [-0.05, 0) is 25.1 Å². The third kappa shape index (κ3) is 2.76. The minimum atomic E-state index is -0.527. The van der Waals surface area contributed by atoms with E-state index in [1.807, 2.05) is 0 Å². The van der Waals surface area contributed by atoms with Gasteiger partial charge in [-0.1, -0.05) is 24.3 Å². The zero-order valence-electron chi connectivity index (χ0n) is 11.8. The second-order valence-corrected chi connectivity index (χ2v) is 4.82. The van der Waals surface area contributed by atoms with E-state index in [0.29, 0.717) is 5.56 Å². The molecule has 0 spiro atoms. The smallest absolute Gasteiger partial charge is 0.261 e. The monoisotopic (exact) mass is 287 g/mol. The van der Waals surface area contributed by atoms with Crippen LogP contribution in [0.1, 0.15) is 28.9 Å². The molecule has 0 aromatic heterocycles. The summed E-state index contributed by atoms with van der Waals surface area (Å²) in [6.07, 6.45) is 0. The molecule has 2 aromatic rings. The van der Waals surface area contributed by atoms with Gasteiger partial charge < -0.3 is 20.2 Å². The lowest BCUT2D eigenvalue weighted by Gasteiger charge is -2.26. The molecule has 3 N–H and O–H groups in total. The molecule has 0 aliphatic carbocycles. The first-order chi connectivity index (χ1) is 9.93. The normalized spacial score (nSPS) is 11.9. The lowest BCUT2D eigenvalue weighted by molar-refractivity contribution is 0.0735. The van der Waals surface area contributed by atoms with Crippen LogP contribution in [0.3, 0.4) is 0 Å². The molecule has 0 bridgehead atoms. The maximum absolute atomic E-state index is 12.4. The average Bonchev–Trinajstić information content (AvgIpc) is 2.46. The second kappa shape index (κ2) is 5.75. The number of phenols is 3. The summed E-state index contributed by atoms with van der Waals surface area (Å²) in [5.41, 5.74) is 0.436. The first kappa shape index (κ1) is 14.7. The number of carbonyl (C=O) groups is 1. The highest BCUT2D eigenvalue weighted by molar-refractivity contribution is 5.99. The van der Waals surface area contributed by atoms with Crippen molar-refractivity contribution in [2.24, 2.45) is 0 Å². The number of para-hydroxylation sites is 1. The summed E-state index contributed by atoms with van der Waals surface area (Å²) in [6.45, 7) is 1.75. The van der Waals surface area contributed by atoms with Crippen LogP contribution < -0.4 is 0 Å². The Morgan fingerprint density at radius 1 is 0.952 bits per heavy atom. The number of aromatic hydroxyl groups is 3. The van der Waals surface area contributed by atoms with E-state index in [9.17, 15) is 20.1 Å². The number of hydrogen-bond acceptors (Lipinski definition) is 4. The Bertz CT molecular complexity index is 649. The molecule has 0 aliphatic heterocycles. The van der Waals surface area contributed by atoms with E-state index < -0.39 is 11.9 Å². The van der Waals surface area contributed by atoms with Crippen molar-refractivity contribution in [1.29, 1.82) is 0 Å². The summed E-state index contributed by atoms with van der Waals surface area (Å²) in [7, 11) is 1.55. The van der Waals surface area contributed by atoms with Crippen molar-refractivity contribution in [1.82, 2.24) is 4.90 Å². The highest BCUT2D eigenvalue weighted by Gasteiger charge is 2.25. The molecule has 5 nitrogen and oxygen atoms in total. The standard InChI is InChI=1S/C16H17NO4/c1-10(11-6-3-4-7-12(11)18)17(2)16(21)15-13(19)8-5-9-14(15)20/h3-10,18-20H,1-2H3. The maximum atomic E-state index is 12.4. The van der Waals surface area contributed by atoms with Gasteiger partial charge in [0.1, 0.15) is 22.8 Å². The van der Waals surface area contributed by atoms with Crippen LogP contribution in [0, 0.1) is 0 Å². The van der Waals surface area contributed by atoms with E-state index in [1.165, 1.54) is 23.1 Å². The predicted molar refractivity (Wildman–Crippen MR) is 78.4 cm³/mol. The van der Waals surface area contributed by atoms with Crippen LogP contribution in [-0.4, -0.2) is 33.2 Å². The van der Waals surface area contributed by atoms with Crippen LogP contribution in [0.4, 0.5) is 0 Å². The topological polar surface area (TPSA) is 81.0 Å². The molecular weight excluding hydrogens is 270 g/mol. The summed E-state index contributed by atoms with van der Waals surface area (Å²) in [4.78, 5) is 13.8. The summed E-state index contributed by atoms with van der Waals surface area (Å²) in [6, 6.07) is 10.4. The van der Waals surface area contributed by atoms with Crippen molar-refractivity contribution >= 4 is 5.91 Å².